The molecule has 1 aliphatic heterocycles. The van der Waals surface area contributed by atoms with Crippen molar-refractivity contribution in [3.8, 4) is 0 Å². The van der Waals surface area contributed by atoms with Crippen LogP contribution in [0.1, 0.15) is 25.3 Å². The Bertz CT molecular complexity index is 479. The van der Waals surface area contributed by atoms with E-state index in [4.69, 9.17) is 9.47 Å². The van der Waals surface area contributed by atoms with Gasteiger partial charge in [0.25, 0.3) is 0 Å². The average Bonchev–Trinajstić information content (AvgIpc) is 3.07. The molecule has 0 spiro atoms. The largest absolute Gasteiger partial charge is 0.379 e. The predicted molar refractivity (Wildman–Crippen MR) is 112 cm³/mol. The summed E-state index contributed by atoms with van der Waals surface area (Å²) in [5.74, 6) is 0.847. The number of hydrogen-bond acceptors (Lipinski definition) is 3. The molecule has 0 saturated carbocycles. The van der Waals surface area contributed by atoms with E-state index in [1.54, 1.807) is 0 Å². The molecule has 136 valence electrons. The van der Waals surface area contributed by atoms with E-state index in [-0.39, 0.29) is 30.1 Å². The van der Waals surface area contributed by atoms with Crippen molar-refractivity contribution in [3.05, 3.63) is 34.3 Å². The van der Waals surface area contributed by atoms with E-state index in [9.17, 15) is 0 Å². The van der Waals surface area contributed by atoms with Gasteiger partial charge < -0.3 is 20.1 Å². The van der Waals surface area contributed by atoms with Gasteiger partial charge >= 0.3 is 0 Å². The summed E-state index contributed by atoms with van der Waals surface area (Å²) in [5, 5.41) is 6.61. The topological polar surface area (TPSA) is 54.9 Å². The normalized spacial score (nSPS) is 17.4. The van der Waals surface area contributed by atoms with Gasteiger partial charge in [-0.2, -0.15) is 0 Å². The van der Waals surface area contributed by atoms with Crippen molar-refractivity contribution in [1.82, 2.24) is 10.6 Å². The Kier molecular flexibility index (Phi) is 11.7. The van der Waals surface area contributed by atoms with Crippen molar-refractivity contribution in [2.24, 2.45) is 4.99 Å². The highest BCUT2D eigenvalue weighted by Gasteiger charge is 2.15. The van der Waals surface area contributed by atoms with Gasteiger partial charge in [-0.05, 0) is 37.5 Å². The van der Waals surface area contributed by atoms with Gasteiger partial charge in [-0.1, -0.05) is 28.1 Å². The van der Waals surface area contributed by atoms with E-state index in [0.717, 1.165) is 56.2 Å². The van der Waals surface area contributed by atoms with Gasteiger partial charge in [-0.3, -0.25) is 0 Å². The highest BCUT2D eigenvalue weighted by molar-refractivity contribution is 14.0. The number of aliphatic imine (C=N–C) groups is 1. The molecule has 1 aromatic rings. The third kappa shape index (κ3) is 8.64. The first-order chi connectivity index (χ1) is 11.3. The summed E-state index contributed by atoms with van der Waals surface area (Å²) in [6, 6.07) is 8.23. The molecule has 1 aliphatic rings. The number of rotatable bonds is 8. The number of ether oxygens (including phenoxy) is 2. The first-order valence-corrected chi connectivity index (χ1v) is 9.03. The maximum atomic E-state index is 5.76. The first kappa shape index (κ1) is 21.7. The van der Waals surface area contributed by atoms with Crippen molar-refractivity contribution < 1.29 is 9.47 Å². The van der Waals surface area contributed by atoms with Crippen LogP contribution in [0.3, 0.4) is 0 Å². The number of benzene rings is 1. The number of nitrogens with one attached hydrogen (secondary N) is 2. The van der Waals surface area contributed by atoms with Crippen LogP contribution < -0.4 is 10.6 Å². The second-order valence-electron chi connectivity index (χ2n) is 5.46. The summed E-state index contributed by atoms with van der Waals surface area (Å²) in [6.07, 6.45) is 2.26. The summed E-state index contributed by atoms with van der Waals surface area (Å²) in [5.41, 5.74) is 1.19. The molecule has 1 aromatic carbocycles. The molecule has 0 amide bonds. The van der Waals surface area contributed by atoms with E-state index in [1.165, 1.54) is 5.56 Å². The lowest BCUT2D eigenvalue weighted by molar-refractivity contribution is 0.0420. The third-order valence-electron chi connectivity index (χ3n) is 3.53. The summed E-state index contributed by atoms with van der Waals surface area (Å²) in [6.45, 7) is 6.76. The van der Waals surface area contributed by atoms with Crippen LogP contribution in [-0.4, -0.2) is 45.0 Å². The number of guanidine groups is 1. The van der Waals surface area contributed by atoms with Gasteiger partial charge in [0.05, 0.1) is 19.3 Å². The third-order valence-corrected chi connectivity index (χ3v) is 4.06. The number of halogens is 2. The van der Waals surface area contributed by atoms with Gasteiger partial charge in [0.15, 0.2) is 5.96 Å². The van der Waals surface area contributed by atoms with E-state index < -0.39 is 0 Å². The Hall–Kier alpha value is -0.380. The minimum atomic E-state index is 0. The average molecular weight is 512 g/mol. The predicted octanol–water partition coefficient (Wildman–Crippen LogP) is 3.32. The Morgan fingerprint density at radius 2 is 2.12 bits per heavy atom. The molecule has 2 N–H and O–H groups in total. The molecule has 1 unspecified atom stereocenters. The van der Waals surface area contributed by atoms with E-state index in [1.807, 2.05) is 12.1 Å². The van der Waals surface area contributed by atoms with Crippen molar-refractivity contribution in [3.63, 3.8) is 0 Å². The Balaban J connectivity index is 0.00000288. The molecule has 5 nitrogen and oxygen atoms in total. The second-order valence-corrected chi connectivity index (χ2v) is 6.37. The van der Waals surface area contributed by atoms with Crippen molar-refractivity contribution in [2.75, 3.05) is 32.9 Å². The highest BCUT2D eigenvalue weighted by Crippen LogP contribution is 2.11. The zero-order valence-corrected chi connectivity index (χ0v) is 18.0. The van der Waals surface area contributed by atoms with Gasteiger partial charge in [-0.15, -0.1) is 24.0 Å². The molecule has 2 rings (SSSR count). The second kappa shape index (κ2) is 12.9. The quantitative estimate of drug-likeness (QED) is 0.243. The minimum Gasteiger partial charge on any atom is -0.379 e. The lowest BCUT2D eigenvalue weighted by atomic mass is 10.2. The molecule has 0 aliphatic carbocycles. The van der Waals surface area contributed by atoms with Crippen LogP contribution in [0.5, 0.6) is 0 Å². The number of hydrogen-bond donors (Lipinski definition) is 2. The van der Waals surface area contributed by atoms with Gasteiger partial charge in [0.1, 0.15) is 0 Å². The highest BCUT2D eigenvalue weighted by atomic mass is 127. The van der Waals surface area contributed by atoms with Crippen LogP contribution in [0.2, 0.25) is 0 Å². The van der Waals surface area contributed by atoms with Crippen molar-refractivity contribution in [2.45, 2.75) is 32.4 Å². The molecule has 1 atom stereocenters. The van der Waals surface area contributed by atoms with Gasteiger partial charge in [0.2, 0.25) is 0 Å². The number of nitrogens with zero attached hydrogens (tertiary/aromatic N) is 1. The zero-order valence-electron chi connectivity index (χ0n) is 14.1. The van der Waals surface area contributed by atoms with Gasteiger partial charge in [-0.25, -0.2) is 4.99 Å². The maximum absolute atomic E-state index is 5.76. The van der Waals surface area contributed by atoms with Crippen LogP contribution in [0.15, 0.2) is 33.7 Å². The smallest absolute Gasteiger partial charge is 0.191 e. The summed E-state index contributed by atoms with van der Waals surface area (Å²) in [7, 11) is 0. The molecular weight excluding hydrogens is 485 g/mol. The summed E-state index contributed by atoms with van der Waals surface area (Å²) < 4.78 is 12.1. The molecule has 0 aromatic heterocycles. The standard InChI is InChI=1S/C17H26BrN3O2.HI/c1-2-19-17(21-12-14-4-6-15(18)7-5-14)20-9-3-10-23-16-8-11-22-13-16;/h4-7,16H,2-3,8-13H2,1H3,(H2,19,20,21);1H. The Morgan fingerprint density at radius 1 is 1.33 bits per heavy atom. The molecule has 1 saturated heterocycles. The van der Waals surface area contributed by atoms with Crippen LogP contribution in [-0.2, 0) is 16.0 Å². The van der Waals surface area contributed by atoms with E-state index >= 15 is 0 Å². The summed E-state index contributed by atoms with van der Waals surface area (Å²) in [4.78, 5) is 4.61. The monoisotopic (exact) mass is 511 g/mol. The molecule has 24 heavy (non-hydrogen) atoms. The first-order valence-electron chi connectivity index (χ1n) is 8.24. The van der Waals surface area contributed by atoms with Crippen molar-refractivity contribution >= 4 is 45.9 Å². The molecule has 1 fully saturated rings. The molecule has 7 heteroatoms. The van der Waals surface area contributed by atoms with Crippen LogP contribution >= 0.6 is 39.9 Å². The van der Waals surface area contributed by atoms with Crippen LogP contribution in [0.4, 0.5) is 0 Å². The van der Waals surface area contributed by atoms with E-state index in [0.29, 0.717) is 6.54 Å². The SMILES string of the molecule is CCNC(=NCc1ccc(Br)cc1)NCCCOC1CCOC1.I. The Morgan fingerprint density at radius 3 is 2.79 bits per heavy atom. The maximum Gasteiger partial charge on any atom is 0.191 e. The molecule has 0 radical (unpaired) electrons. The molecule has 0 bridgehead atoms. The minimum absolute atomic E-state index is 0. The lowest BCUT2D eigenvalue weighted by Crippen LogP contribution is -2.38. The molecular formula is C17H27BrIN3O2. The van der Waals surface area contributed by atoms with Crippen molar-refractivity contribution in [1.29, 1.82) is 0 Å². The summed E-state index contributed by atoms with van der Waals surface area (Å²) >= 11 is 3.44. The fourth-order valence-electron chi connectivity index (χ4n) is 2.28. The van der Waals surface area contributed by atoms with Crippen LogP contribution in [0, 0.1) is 0 Å². The zero-order chi connectivity index (χ0) is 16.3. The van der Waals surface area contributed by atoms with E-state index in [2.05, 4.69) is 50.6 Å². The fraction of sp³-hybridized carbons (Fsp3) is 0.588. The molecule has 1 heterocycles. The fourth-order valence-corrected chi connectivity index (χ4v) is 2.54. The van der Waals surface area contributed by atoms with Crippen LogP contribution in [0.25, 0.3) is 0 Å². The Labute approximate surface area is 170 Å². The van der Waals surface area contributed by atoms with Gasteiger partial charge in [0, 0.05) is 30.8 Å². The lowest BCUT2D eigenvalue weighted by Gasteiger charge is -2.13.